The Morgan fingerprint density at radius 3 is 2.38 bits per heavy atom. The molecule has 3 rings (SSSR count). The van der Waals surface area contributed by atoms with E-state index in [1.165, 1.54) is 0 Å². The average Bonchev–Trinajstić information content (AvgIpc) is 2.54. The van der Waals surface area contributed by atoms with E-state index in [4.69, 9.17) is 21.1 Å². The van der Waals surface area contributed by atoms with Crippen LogP contribution in [0, 0.1) is 0 Å². The molecule has 1 aromatic heterocycles. The fourth-order valence-electron chi connectivity index (χ4n) is 2.15. The Labute approximate surface area is 127 Å². The molecule has 0 saturated heterocycles. The third-order valence-corrected chi connectivity index (χ3v) is 3.45. The van der Waals surface area contributed by atoms with Crippen LogP contribution in [0.25, 0.3) is 22.3 Å². The Kier molecular flexibility index (Phi) is 3.62. The topological polar surface area (TPSA) is 44.2 Å². The number of fused-ring (bicyclic) bond motifs is 1. The minimum Gasteiger partial charge on any atom is -0.497 e. The van der Waals surface area contributed by atoms with Crippen LogP contribution in [-0.2, 0) is 0 Å². The van der Waals surface area contributed by atoms with Gasteiger partial charge in [0.05, 0.1) is 25.1 Å². The molecule has 5 heteroatoms. The number of nitrogens with zero attached hydrogens (tertiary/aromatic N) is 2. The molecule has 0 aliphatic heterocycles. The van der Waals surface area contributed by atoms with Gasteiger partial charge in [-0.05, 0) is 0 Å². The number of hydrogen-bond donors (Lipinski definition) is 0. The molecule has 0 bridgehead atoms. The van der Waals surface area contributed by atoms with E-state index in [1.54, 1.807) is 20.3 Å². The van der Waals surface area contributed by atoms with Crippen molar-refractivity contribution in [3.63, 3.8) is 0 Å². The van der Waals surface area contributed by atoms with E-state index in [2.05, 4.69) is 9.97 Å². The number of ether oxygens (including phenoxy) is 2. The molecule has 4 nitrogen and oxygen atoms in total. The summed E-state index contributed by atoms with van der Waals surface area (Å²) in [6.07, 6.45) is 0. The predicted octanol–water partition coefficient (Wildman–Crippen LogP) is 3.97. The van der Waals surface area contributed by atoms with Gasteiger partial charge >= 0.3 is 0 Å². The summed E-state index contributed by atoms with van der Waals surface area (Å²) in [4.78, 5) is 8.94. The molecule has 0 aliphatic rings. The lowest BCUT2D eigenvalue weighted by Gasteiger charge is -2.10. The fourth-order valence-corrected chi connectivity index (χ4v) is 2.42. The van der Waals surface area contributed by atoms with E-state index >= 15 is 0 Å². The second-order valence-corrected chi connectivity index (χ2v) is 4.79. The van der Waals surface area contributed by atoms with E-state index in [0.717, 1.165) is 5.56 Å². The molecular formula is C16H13ClN2O2. The highest BCUT2D eigenvalue weighted by atomic mass is 35.5. The zero-order chi connectivity index (χ0) is 14.8. The Hall–Kier alpha value is -2.33. The third kappa shape index (κ3) is 2.50. The van der Waals surface area contributed by atoms with Gasteiger partial charge in [0.25, 0.3) is 0 Å². The van der Waals surface area contributed by atoms with Gasteiger partial charge in [-0.3, -0.25) is 0 Å². The third-order valence-electron chi connectivity index (χ3n) is 3.18. The average molecular weight is 301 g/mol. The summed E-state index contributed by atoms with van der Waals surface area (Å²) in [5.74, 6) is 1.82. The first-order chi connectivity index (χ1) is 10.2. The summed E-state index contributed by atoms with van der Waals surface area (Å²) in [6.45, 7) is 0. The van der Waals surface area contributed by atoms with Gasteiger partial charge in [0.2, 0.25) is 0 Å². The molecule has 2 aromatic carbocycles. The number of rotatable bonds is 3. The molecule has 21 heavy (non-hydrogen) atoms. The first-order valence-corrected chi connectivity index (χ1v) is 6.75. The summed E-state index contributed by atoms with van der Waals surface area (Å²) < 4.78 is 10.6. The van der Waals surface area contributed by atoms with Gasteiger partial charge in [-0.2, -0.15) is 0 Å². The minimum atomic E-state index is 0.360. The zero-order valence-electron chi connectivity index (χ0n) is 11.6. The Morgan fingerprint density at radius 1 is 0.952 bits per heavy atom. The highest BCUT2D eigenvalue weighted by Crippen LogP contribution is 2.35. The molecule has 0 amide bonds. The lowest BCUT2D eigenvalue weighted by Crippen LogP contribution is -1.95. The summed E-state index contributed by atoms with van der Waals surface area (Å²) in [7, 11) is 3.18. The Balaban J connectivity index is 2.28. The number of halogens is 1. The van der Waals surface area contributed by atoms with Gasteiger partial charge in [-0.15, -0.1) is 0 Å². The maximum absolute atomic E-state index is 6.32. The first kappa shape index (κ1) is 13.6. The first-order valence-electron chi connectivity index (χ1n) is 6.37. The van der Waals surface area contributed by atoms with Gasteiger partial charge in [0.1, 0.15) is 16.7 Å². The summed E-state index contributed by atoms with van der Waals surface area (Å²) in [5, 5.41) is 1.04. The lowest BCUT2D eigenvalue weighted by molar-refractivity contribution is 0.398. The second-order valence-electron chi connectivity index (χ2n) is 4.43. The van der Waals surface area contributed by atoms with Crippen LogP contribution >= 0.6 is 11.6 Å². The van der Waals surface area contributed by atoms with E-state index < -0.39 is 0 Å². The number of benzene rings is 2. The molecular weight excluding hydrogens is 288 g/mol. The molecule has 0 saturated carbocycles. The molecule has 0 aliphatic carbocycles. The highest BCUT2D eigenvalue weighted by Gasteiger charge is 2.14. The van der Waals surface area contributed by atoms with E-state index in [-0.39, 0.29) is 0 Å². The Bertz CT molecular complexity index is 791. The van der Waals surface area contributed by atoms with Crippen LogP contribution in [-0.4, -0.2) is 24.2 Å². The van der Waals surface area contributed by atoms with Crippen molar-refractivity contribution in [3.8, 4) is 22.9 Å². The molecule has 0 fully saturated rings. The van der Waals surface area contributed by atoms with Crippen LogP contribution < -0.4 is 9.47 Å². The van der Waals surface area contributed by atoms with Crippen molar-refractivity contribution in [1.29, 1.82) is 0 Å². The van der Waals surface area contributed by atoms with Gasteiger partial charge in [0.15, 0.2) is 5.82 Å². The minimum absolute atomic E-state index is 0.360. The van der Waals surface area contributed by atoms with Crippen molar-refractivity contribution in [2.75, 3.05) is 14.2 Å². The van der Waals surface area contributed by atoms with Crippen molar-refractivity contribution in [3.05, 3.63) is 47.6 Å². The lowest BCUT2D eigenvalue weighted by atomic mass is 10.2. The monoisotopic (exact) mass is 300 g/mol. The summed E-state index contributed by atoms with van der Waals surface area (Å²) in [5.41, 5.74) is 1.59. The number of hydrogen-bond acceptors (Lipinski definition) is 4. The van der Waals surface area contributed by atoms with Crippen LogP contribution in [0.4, 0.5) is 0 Å². The van der Waals surface area contributed by atoms with Gasteiger partial charge in [0, 0.05) is 17.7 Å². The van der Waals surface area contributed by atoms with Crippen molar-refractivity contribution >= 4 is 22.5 Å². The molecule has 3 aromatic rings. The van der Waals surface area contributed by atoms with Crippen molar-refractivity contribution in [1.82, 2.24) is 9.97 Å². The molecule has 0 spiro atoms. The normalized spacial score (nSPS) is 10.6. The molecule has 0 atom stereocenters. The van der Waals surface area contributed by atoms with Crippen LogP contribution in [0.1, 0.15) is 0 Å². The SMILES string of the molecule is COc1cc(OC)c2c(Cl)nc(-c3ccccc3)nc2c1. The number of methoxy groups -OCH3 is 2. The maximum Gasteiger partial charge on any atom is 0.161 e. The van der Waals surface area contributed by atoms with Gasteiger partial charge in [-0.1, -0.05) is 41.9 Å². The predicted molar refractivity (Wildman–Crippen MR) is 83.1 cm³/mol. The largest absolute Gasteiger partial charge is 0.497 e. The quantitative estimate of drug-likeness (QED) is 0.687. The van der Waals surface area contributed by atoms with E-state index in [9.17, 15) is 0 Å². The molecule has 0 radical (unpaired) electrons. The van der Waals surface area contributed by atoms with Gasteiger partial charge < -0.3 is 9.47 Å². The standard InChI is InChI=1S/C16H13ClN2O2/c1-20-11-8-12-14(13(9-11)21-2)15(17)19-16(18-12)10-6-4-3-5-7-10/h3-9H,1-2H3. The highest BCUT2D eigenvalue weighted by molar-refractivity contribution is 6.34. The Morgan fingerprint density at radius 2 is 1.71 bits per heavy atom. The summed E-state index contributed by atoms with van der Waals surface area (Å²) in [6, 6.07) is 13.3. The summed E-state index contributed by atoms with van der Waals surface area (Å²) >= 11 is 6.32. The van der Waals surface area contributed by atoms with Crippen molar-refractivity contribution < 1.29 is 9.47 Å². The van der Waals surface area contributed by atoms with Gasteiger partial charge in [-0.25, -0.2) is 9.97 Å². The van der Waals surface area contributed by atoms with Crippen molar-refractivity contribution in [2.45, 2.75) is 0 Å². The molecule has 106 valence electrons. The second kappa shape index (κ2) is 5.58. The van der Waals surface area contributed by atoms with Crippen LogP contribution in [0.3, 0.4) is 0 Å². The van der Waals surface area contributed by atoms with Crippen molar-refractivity contribution in [2.24, 2.45) is 0 Å². The number of aromatic nitrogens is 2. The van der Waals surface area contributed by atoms with E-state index in [1.807, 2.05) is 36.4 Å². The molecule has 0 unspecified atom stereocenters. The van der Waals surface area contributed by atoms with Crippen LogP contribution in [0.2, 0.25) is 5.15 Å². The maximum atomic E-state index is 6.32. The zero-order valence-corrected chi connectivity index (χ0v) is 12.4. The van der Waals surface area contributed by atoms with Crippen LogP contribution in [0.5, 0.6) is 11.5 Å². The molecule has 0 N–H and O–H groups in total. The van der Waals surface area contributed by atoms with E-state index in [0.29, 0.717) is 33.4 Å². The van der Waals surface area contributed by atoms with Crippen LogP contribution in [0.15, 0.2) is 42.5 Å². The fraction of sp³-hybridized carbons (Fsp3) is 0.125. The molecule has 1 heterocycles. The smallest absolute Gasteiger partial charge is 0.161 e.